The molecule has 1 aromatic heterocycles. The zero-order valence-electron chi connectivity index (χ0n) is 15.0. The highest BCUT2D eigenvalue weighted by atomic mass is 16.4. The van der Waals surface area contributed by atoms with E-state index in [1.54, 1.807) is 6.92 Å². The van der Waals surface area contributed by atoms with Gasteiger partial charge in [-0.2, -0.15) is 0 Å². The number of aliphatic hydroxyl groups is 1. The predicted octanol–water partition coefficient (Wildman–Crippen LogP) is 1.35. The molecule has 1 N–H and O–H groups in total. The van der Waals surface area contributed by atoms with Crippen LogP contribution >= 0.6 is 0 Å². The molecule has 3 heterocycles. The van der Waals surface area contributed by atoms with Gasteiger partial charge in [0.2, 0.25) is 17.7 Å². The van der Waals surface area contributed by atoms with Crippen LogP contribution < -0.4 is 0 Å². The zero-order chi connectivity index (χ0) is 17.4. The minimum Gasteiger partial charge on any atom is -0.424 e. The Balaban J connectivity index is 1.39. The molecule has 0 radical (unpaired) electrons. The van der Waals surface area contributed by atoms with Crippen LogP contribution in [0.15, 0.2) is 4.42 Å². The Hall–Kier alpha value is -1.47. The summed E-state index contributed by atoms with van der Waals surface area (Å²) in [5.74, 6) is 1.83. The van der Waals surface area contributed by atoms with Crippen LogP contribution in [0.2, 0.25) is 0 Å². The van der Waals surface area contributed by atoms with Gasteiger partial charge in [0.1, 0.15) is 0 Å². The lowest BCUT2D eigenvalue weighted by molar-refractivity contribution is -0.150. The number of nitrogens with zero attached hydrogens (tertiary/aromatic N) is 4. The van der Waals surface area contributed by atoms with E-state index in [9.17, 15) is 9.90 Å². The molecule has 4 rings (SSSR count). The molecule has 2 aliphatic heterocycles. The minimum absolute atomic E-state index is 0.101. The van der Waals surface area contributed by atoms with E-state index in [2.05, 4.69) is 15.1 Å². The lowest BCUT2D eigenvalue weighted by Crippen LogP contribution is -2.60. The normalized spacial score (nSPS) is 31.3. The lowest BCUT2D eigenvalue weighted by atomic mass is 9.75. The highest BCUT2D eigenvalue weighted by Crippen LogP contribution is 2.37. The van der Waals surface area contributed by atoms with Gasteiger partial charge in [0, 0.05) is 44.9 Å². The highest BCUT2D eigenvalue weighted by molar-refractivity contribution is 5.79. The number of likely N-dealkylation sites (tertiary alicyclic amines) is 2. The maximum Gasteiger partial charge on any atom is 0.230 e. The molecule has 1 amide bonds. The summed E-state index contributed by atoms with van der Waals surface area (Å²) in [5.41, 5.74) is -0.631. The van der Waals surface area contributed by atoms with Gasteiger partial charge >= 0.3 is 0 Å². The number of carbonyl (C=O) groups is 1. The van der Waals surface area contributed by atoms with Crippen LogP contribution in [-0.4, -0.2) is 62.8 Å². The molecule has 7 heteroatoms. The van der Waals surface area contributed by atoms with Gasteiger partial charge in [0.15, 0.2) is 0 Å². The molecule has 0 unspecified atom stereocenters. The Morgan fingerprint density at radius 2 is 2.00 bits per heavy atom. The monoisotopic (exact) mass is 348 g/mol. The lowest BCUT2D eigenvalue weighted by Gasteiger charge is -2.50. The van der Waals surface area contributed by atoms with E-state index in [0.29, 0.717) is 43.7 Å². The summed E-state index contributed by atoms with van der Waals surface area (Å²) in [6, 6.07) is 0. The number of rotatable bonds is 3. The van der Waals surface area contributed by atoms with Gasteiger partial charge in [-0.1, -0.05) is 12.8 Å². The van der Waals surface area contributed by atoms with Crippen molar-refractivity contribution in [2.24, 2.45) is 11.8 Å². The van der Waals surface area contributed by atoms with Crippen LogP contribution in [0, 0.1) is 18.8 Å². The molecule has 2 atom stereocenters. The van der Waals surface area contributed by atoms with Gasteiger partial charge in [-0.25, -0.2) is 0 Å². The van der Waals surface area contributed by atoms with E-state index < -0.39 is 5.60 Å². The molecule has 0 bridgehead atoms. The number of fused-ring (bicyclic) bond motifs is 1. The molecule has 0 aromatic carbocycles. The van der Waals surface area contributed by atoms with E-state index in [4.69, 9.17) is 4.42 Å². The fraction of sp³-hybridized carbons (Fsp3) is 0.833. The van der Waals surface area contributed by atoms with Crippen molar-refractivity contribution in [3.05, 3.63) is 11.8 Å². The SMILES string of the molecule is Cc1nnc(CN2CC[C@@]3(O)CCN(C(=O)C4CCCC4)C[C@H]3C2)o1. The first-order valence-corrected chi connectivity index (χ1v) is 9.56. The molecule has 25 heavy (non-hydrogen) atoms. The molecule has 3 aliphatic rings. The summed E-state index contributed by atoms with van der Waals surface area (Å²) in [4.78, 5) is 17.0. The quantitative estimate of drug-likeness (QED) is 0.888. The van der Waals surface area contributed by atoms with Crippen LogP contribution in [0.4, 0.5) is 0 Å². The van der Waals surface area contributed by atoms with Gasteiger partial charge in [-0.05, 0) is 25.7 Å². The third-order valence-electron chi connectivity index (χ3n) is 6.30. The average molecular weight is 348 g/mol. The predicted molar refractivity (Wildman–Crippen MR) is 90.5 cm³/mol. The van der Waals surface area contributed by atoms with E-state index in [1.165, 1.54) is 12.8 Å². The third kappa shape index (κ3) is 3.44. The van der Waals surface area contributed by atoms with Gasteiger partial charge in [0.25, 0.3) is 0 Å². The van der Waals surface area contributed by atoms with Crippen molar-refractivity contribution >= 4 is 5.91 Å². The Bertz CT molecular complexity index is 628. The van der Waals surface area contributed by atoms with E-state index in [0.717, 1.165) is 32.4 Å². The Labute approximate surface area is 148 Å². The number of carbonyl (C=O) groups excluding carboxylic acids is 1. The molecule has 1 aromatic rings. The fourth-order valence-electron chi connectivity index (χ4n) is 4.74. The van der Waals surface area contributed by atoms with Crippen molar-refractivity contribution in [2.45, 2.75) is 57.6 Å². The molecule has 1 aliphatic carbocycles. The average Bonchev–Trinajstić information content (AvgIpc) is 3.26. The summed E-state index contributed by atoms with van der Waals surface area (Å²) in [6.07, 6.45) is 5.86. The molecule has 2 saturated heterocycles. The first-order valence-electron chi connectivity index (χ1n) is 9.56. The molecular weight excluding hydrogens is 320 g/mol. The van der Waals surface area contributed by atoms with Gasteiger partial charge in [-0.15, -0.1) is 10.2 Å². The van der Waals surface area contributed by atoms with Crippen LogP contribution in [0.1, 0.15) is 50.3 Å². The third-order valence-corrected chi connectivity index (χ3v) is 6.30. The van der Waals surface area contributed by atoms with Crippen LogP contribution in [0.3, 0.4) is 0 Å². The number of piperidine rings is 2. The van der Waals surface area contributed by atoms with Crippen molar-refractivity contribution in [2.75, 3.05) is 26.2 Å². The Morgan fingerprint density at radius 1 is 1.24 bits per heavy atom. The second-order valence-electron chi connectivity index (χ2n) is 8.02. The number of aryl methyl sites for hydroxylation is 1. The topological polar surface area (TPSA) is 82.7 Å². The molecular formula is C18H28N4O3. The molecule has 7 nitrogen and oxygen atoms in total. The van der Waals surface area contributed by atoms with Gasteiger partial charge in [-0.3, -0.25) is 9.69 Å². The second-order valence-corrected chi connectivity index (χ2v) is 8.02. The summed E-state index contributed by atoms with van der Waals surface area (Å²) in [7, 11) is 0. The van der Waals surface area contributed by atoms with Gasteiger partial charge < -0.3 is 14.4 Å². The van der Waals surface area contributed by atoms with Crippen LogP contribution in [-0.2, 0) is 11.3 Å². The van der Waals surface area contributed by atoms with E-state index in [1.807, 2.05) is 4.90 Å². The van der Waals surface area contributed by atoms with Crippen molar-refractivity contribution in [3.8, 4) is 0 Å². The Morgan fingerprint density at radius 3 is 2.72 bits per heavy atom. The smallest absolute Gasteiger partial charge is 0.230 e. The van der Waals surface area contributed by atoms with Gasteiger partial charge in [0.05, 0.1) is 12.1 Å². The standard InChI is InChI=1S/C18H28N4O3/c1-13-19-20-16(25-13)12-21-8-6-18(24)7-9-22(11-15(18)10-21)17(23)14-4-2-3-5-14/h14-15,24H,2-12H2,1H3/t15-,18-/m1/s1. The first-order chi connectivity index (χ1) is 12.0. The zero-order valence-corrected chi connectivity index (χ0v) is 15.0. The summed E-state index contributed by atoms with van der Waals surface area (Å²) in [6.45, 7) is 5.37. The molecule has 3 fully saturated rings. The molecule has 1 saturated carbocycles. The van der Waals surface area contributed by atoms with Crippen LogP contribution in [0.5, 0.6) is 0 Å². The number of hydrogen-bond acceptors (Lipinski definition) is 6. The summed E-state index contributed by atoms with van der Waals surface area (Å²) >= 11 is 0. The molecule has 138 valence electrons. The minimum atomic E-state index is -0.631. The summed E-state index contributed by atoms with van der Waals surface area (Å²) in [5, 5.41) is 19.0. The molecule has 0 spiro atoms. The number of amides is 1. The van der Waals surface area contributed by atoms with Crippen molar-refractivity contribution in [1.82, 2.24) is 20.0 Å². The maximum absolute atomic E-state index is 12.8. The second kappa shape index (κ2) is 6.68. The highest BCUT2D eigenvalue weighted by Gasteiger charge is 2.46. The fourth-order valence-corrected chi connectivity index (χ4v) is 4.74. The van der Waals surface area contributed by atoms with E-state index >= 15 is 0 Å². The maximum atomic E-state index is 12.8. The van der Waals surface area contributed by atoms with Crippen LogP contribution in [0.25, 0.3) is 0 Å². The van der Waals surface area contributed by atoms with Crippen molar-refractivity contribution < 1.29 is 14.3 Å². The largest absolute Gasteiger partial charge is 0.424 e. The van der Waals surface area contributed by atoms with Crippen molar-refractivity contribution in [3.63, 3.8) is 0 Å². The van der Waals surface area contributed by atoms with E-state index in [-0.39, 0.29) is 11.8 Å². The summed E-state index contributed by atoms with van der Waals surface area (Å²) < 4.78 is 5.48. The number of hydrogen-bond donors (Lipinski definition) is 1. The van der Waals surface area contributed by atoms with Crippen molar-refractivity contribution in [1.29, 1.82) is 0 Å². The number of aromatic nitrogens is 2. The Kier molecular flexibility index (Phi) is 4.54. The first kappa shape index (κ1) is 17.0.